The number of amides is 1. The first-order chi connectivity index (χ1) is 12.0. The average molecular weight is 338 g/mol. The Balaban J connectivity index is 1.94. The average Bonchev–Trinajstić information content (AvgIpc) is 3.21. The Morgan fingerprint density at radius 3 is 2.68 bits per heavy atom. The van der Waals surface area contributed by atoms with Crippen LogP contribution in [0.3, 0.4) is 0 Å². The van der Waals surface area contributed by atoms with Crippen LogP contribution in [0, 0.1) is 6.92 Å². The van der Waals surface area contributed by atoms with Gasteiger partial charge in [-0.25, -0.2) is 4.68 Å². The second-order valence-electron chi connectivity index (χ2n) is 6.10. The van der Waals surface area contributed by atoms with Gasteiger partial charge in [0, 0.05) is 18.8 Å². The molecule has 0 aliphatic heterocycles. The van der Waals surface area contributed by atoms with E-state index in [0.29, 0.717) is 30.0 Å². The van der Waals surface area contributed by atoms with E-state index in [1.165, 1.54) is 0 Å². The number of carbonyl (C=O) groups excluding carboxylic acids is 1. The fourth-order valence-corrected chi connectivity index (χ4v) is 2.51. The number of furan rings is 1. The van der Waals surface area contributed by atoms with Gasteiger partial charge in [-0.15, -0.1) is 0 Å². The summed E-state index contributed by atoms with van der Waals surface area (Å²) < 4.78 is 7.36. The van der Waals surface area contributed by atoms with Crippen molar-refractivity contribution in [2.75, 3.05) is 6.54 Å². The van der Waals surface area contributed by atoms with Gasteiger partial charge >= 0.3 is 0 Å². The van der Waals surface area contributed by atoms with Crippen LogP contribution in [0.2, 0.25) is 0 Å². The highest BCUT2D eigenvalue weighted by Crippen LogP contribution is 2.25. The summed E-state index contributed by atoms with van der Waals surface area (Å²) in [6.45, 7) is 4.29. The number of aryl methyl sites for hydroxylation is 1. The summed E-state index contributed by atoms with van der Waals surface area (Å²) in [7, 11) is 0. The summed E-state index contributed by atoms with van der Waals surface area (Å²) in [5, 5.41) is 7.46. The van der Waals surface area contributed by atoms with Crippen molar-refractivity contribution in [2.45, 2.75) is 26.3 Å². The van der Waals surface area contributed by atoms with Crippen LogP contribution in [-0.4, -0.2) is 28.3 Å². The van der Waals surface area contributed by atoms with Crippen LogP contribution in [0.5, 0.6) is 0 Å². The number of nitrogens with zero attached hydrogens (tertiary/aromatic N) is 2. The van der Waals surface area contributed by atoms with Crippen LogP contribution in [0.1, 0.15) is 29.5 Å². The lowest BCUT2D eigenvalue weighted by Crippen LogP contribution is -2.29. The van der Waals surface area contributed by atoms with Crippen molar-refractivity contribution in [2.24, 2.45) is 5.73 Å². The summed E-state index contributed by atoms with van der Waals surface area (Å²) in [5.74, 6) is 1.16. The molecule has 2 heterocycles. The molecule has 0 spiro atoms. The molecular formula is C19H22N4O2. The fraction of sp³-hybridized carbons (Fsp3) is 0.263. The van der Waals surface area contributed by atoms with E-state index in [1.54, 1.807) is 10.9 Å². The van der Waals surface area contributed by atoms with Crippen molar-refractivity contribution in [3.05, 3.63) is 60.0 Å². The molecule has 0 bridgehead atoms. The highest BCUT2D eigenvalue weighted by molar-refractivity contribution is 5.99. The molecule has 1 unspecified atom stereocenters. The summed E-state index contributed by atoms with van der Waals surface area (Å²) in [6, 6.07) is 13.4. The van der Waals surface area contributed by atoms with E-state index in [4.69, 9.17) is 10.2 Å². The molecule has 3 rings (SSSR count). The minimum absolute atomic E-state index is 0.0412. The fourth-order valence-electron chi connectivity index (χ4n) is 2.51. The van der Waals surface area contributed by atoms with Crippen molar-refractivity contribution in [1.29, 1.82) is 0 Å². The van der Waals surface area contributed by atoms with E-state index in [-0.39, 0.29) is 11.9 Å². The van der Waals surface area contributed by atoms with Crippen LogP contribution < -0.4 is 11.1 Å². The molecule has 0 fully saturated rings. The van der Waals surface area contributed by atoms with Gasteiger partial charge < -0.3 is 15.5 Å². The third kappa shape index (κ3) is 3.97. The number of hydrogen-bond acceptors (Lipinski definition) is 4. The molecule has 0 aliphatic carbocycles. The Morgan fingerprint density at radius 2 is 2.04 bits per heavy atom. The first-order valence-corrected chi connectivity index (χ1v) is 8.30. The molecule has 0 aliphatic rings. The molecule has 1 aromatic carbocycles. The van der Waals surface area contributed by atoms with E-state index in [1.807, 2.05) is 56.3 Å². The smallest absolute Gasteiger partial charge is 0.255 e. The first-order valence-electron chi connectivity index (χ1n) is 8.30. The lowest BCUT2D eigenvalue weighted by molar-refractivity contribution is 0.0953. The van der Waals surface area contributed by atoms with Gasteiger partial charge in [0.05, 0.1) is 11.3 Å². The SMILES string of the molecule is Cc1ccc(-c2nn(-c3ccccc3)cc2C(=O)NCCC(C)N)o1. The van der Waals surface area contributed by atoms with Crippen molar-refractivity contribution < 1.29 is 9.21 Å². The number of benzene rings is 1. The lowest BCUT2D eigenvalue weighted by atomic mass is 10.2. The van der Waals surface area contributed by atoms with E-state index in [0.717, 1.165) is 11.4 Å². The molecule has 1 amide bonds. The minimum atomic E-state index is -0.188. The van der Waals surface area contributed by atoms with E-state index < -0.39 is 0 Å². The number of carbonyl (C=O) groups is 1. The van der Waals surface area contributed by atoms with E-state index in [9.17, 15) is 4.79 Å². The molecule has 3 N–H and O–H groups in total. The third-order valence-corrected chi connectivity index (χ3v) is 3.84. The number of para-hydroxylation sites is 1. The summed E-state index contributed by atoms with van der Waals surface area (Å²) in [4.78, 5) is 12.6. The number of hydrogen-bond donors (Lipinski definition) is 2. The van der Waals surface area contributed by atoms with Gasteiger partial charge in [0.25, 0.3) is 5.91 Å². The molecule has 3 aromatic rings. The van der Waals surface area contributed by atoms with Crippen LogP contribution in [0.15, 0.2) is 53.1 Å². The largest absolute Gasteiger partial charge is 0.460 e. The molecule has 0 radical (unpaired) electrons. The van der Waals surface area contributed by atoms with Gasteiger partial charge in [-0.05, 0) is 44.5 Å². The highest BCUT2D eigenvalue weighted by Gasteiger charge is 2.20. The van der Waals surface area contributed by atoms with Crippen LogP contribution in [0.25, 0.3) is 17.1 Å². The molecular weight excluding hydrogens is 316 g/mol. The monoisotopic (exact) mass is 338 g/mol. The second kappa shape index (κ2) is 7.36. The minimum Gasteiger partial charge on any atom is -0.460 e. The number of nitrogens with two attached hydrogens (primary N) is 1. The Bertz CT molecular complexity index is 849. The third-order valence-electron chi connectivity index (χ3n) is 3.84. The predicted octanol–water partition coefficient (Wildman–Crippen LogP) is 2.91. The Labute approximate surface area is 146 Å². The maximum Gasteiger partial charge on any atom is 0.255 e. The zero-order valence-corrected chi connectivity index (χ0v) is 14.4. The van der Waals surface area contributed by atoms with Gasteiger partial charge in [-0.2, -0.15) is 5.10 Å². The zero-order chi connectivity index (χ0) is 17.8. The molecule has 6 heteroatoms. The normalized spacial score (nSPS) is 12.1. The highest BCUT2D eigenvalue weighted by atomic mass is 16.3. The standard InChI is InChI=1S/C19H22N4O2/c1-13(20)10-11-21-19(24)16-12-23(15-6-4-3-5-7-15)22-18(16)17-9-8-14(2)25-17/h3-9,12-13H,10-11,20H2,1-2H3,(H,21,24). The molecule has 2 aromatic heterocycles. The lowest BCUT2D eigenvalue weighted by Gasteiger charge is -2.06. The van der Waals surface area contributed by atoms with Gasteiger partial charge in [0.15, 0.2) is 5.76 Å². The Morgan fingerprint density at radius 1 is 1.28 bits per heavy atom. The maximum atomic E-state index is 12.6. The Hall–Kier alpha value is -2.86. The van der Waals surface area contributed by atoms with Gasteiger partial charge in [-0.3, -0.25) is 4.79 Å². The molecule has 1 atom stereocenters. The summed E-state index contributed by atoms with van der Waals surface area (Å²) >= 11 is 0. The van der Waals surface area contributed by atoms with E-state index >= 15 is 0 Å². The van der Waals surface area contributed by atoms with Crippen LogP contribution >= 0.6 is 0 Å². The Kier molecular flexibility index (Phi) is 5.00. The zero-order valence-electron chi connectivity index (χ0n) is 14.4. The van der Waals surface area contributed by atoms with Crippen LogP contribution in [-0.2, 0) is 0 Å². The molecule has 6 nitrogen and oxygen atoms in total. The maximum absolute atomic E-state index is 12.6. The van der Waals surface area contributed by atoms with Crippen molar-refractivity contribution in [1.82, 2.24) is 15.1 Å². The van der Waals surface area contributed by atoms with Crippen molar-refractivity contribution in [3.8, 4) is 17.1 Å². The van der Waals surface area contributed by atoms with E-state index in [2.05, 4.69) is 10.4 Å². The summed E-state index contributed by atoms with van der Waals surface area (Å²) in [5.41, 5.74) is 7.61. The summed E-state index contributed by atoms with van der Waals surface area (Å²) in [6.07, 6.45) is 2.44. The predicted molar refractivity (Wildman–Crippen MR) is 96.6 cm³/mol. The molecule has 130 valence electrons. The number of rotatable bonds is 6. The van der Waals surface area contributed by atoms with Gasteiger partial charge in [-0.1, -0.05) is 18.2 Å². The molecule has 0 saturated carbocycles. The molecule has 0 saturated heterocycles. The number of aromatic nitrogens is 2. The van der Waals surface area contributed by atoms with Crippen LogP contribution in [0.4, 0.5) is 0 Å². The number of nitrogens with one attached hydrogen (secondary N) is 1. The van der Waals surface area contributed by atoms with Crippen molar-refractivity contribution >= 4 is 5.91 Å². The second-order valence-corrected chi connectivity index (χ2v) is 6.10. The topological polar surface area (TPSA) is 86.1 Å². The van der Waals surface area contributed by atoms with Gasteiger partial charge in [0.1, 0.15) is 11.5 Å². The molecule has 25 heavy (non-hydrogen) atoms. The van der Waals surface area contributed by atoms with Crippen molar-refractivity contribution in [3.63, 3.8) is 0 Å². The first kappa shape index (κ1) is 17.0. The quantitative estimate of drug-likeness (QED) is 0.723. The van der Waals surface area contributed by atoms with Gasteiger partial charge in [0.2, 0.25) is 0 Å².